The molecule has 0 bridgehead atoms. The fraction of sp³-hybridized carbons (Fsp3) is 0.396. The third kappa shape index (κ3) is 16.8. The van der Waals surface area contributed by atoms with E-state index in [0.29, 0.717) is 39.5 Å². The van der Waals surface area contributed by atoms with Gasteiger partial charge in [-0.3, -0.25) is 0 Å². The topological polar surface area (TPSA) is 167 Å². The van der Waals surface area contributed by atoms with Gasteiger partial charge >= 0.3 is 35.8 Å². The monoisotopic (exact) mass is 924 g/mol. The minimum absolute atomic E-state index is 0.0620. The first-order chi connectivity index (χ1) is 32.1. The molecule has 1 aliphatic carbocycles. The molecule has 0 atom stereocenters. The van der Waals surface area contributed by atoms with Crippen molar-refractivity contribution in [2.75, 3.05) is 40.6 Å². The Labute approximate surface area is 391 Å². The lowest BCUT2D eigenvalue weighted by Crippen LogP contribution is -2.44. The standard InChI is InChI=1S/C53H61FO13/c1-8-9-10-11-37-12-14-38(15-13-37)40-18-23-45(46(54)29-40)41-19-22-44(42(28-41)30-63-51(59)35(2)3)39-16-20-43(21-17-39)64-31-53(34-67-52(60)36(4)5,32-65-49(57)26-24-47(55)61-6)33-66-50(58)27-25-48(56)62-7/h16-29,37-38H,2,4,8-15,30-34H2,1,3,5-7H3/b26-24+,27-25+. The largest absolute Gasteiger partial charge is 0.493 e. The molecular weight excluding hydrogens is 864 g/mol. The summed E-state index contributed by atoms with van der Waals surface area (Å²) in [5, 5.41) is 0. The molecule has 13 nitrogen and oxygen atoms in total. The molecular formula is C53H61FO13. The van der Waals surface area contributed by atoms with Crippen LogP contribution in [0.3, 0.4) is 0 Å². The van der Waals surface area contributed by atoms with Crippen molar-refractivity contribution in [2.45, 2.75) is 84.7 Å². The number of hydrogen-bond acceptors (Lipinski definition) is 13. The minimum Gasteiger partial charge on any atom is -0.493 e. The summed E-state index contributed by atoms with van der Waals surface area (Å²) < 4.78 is 53.0. The van der Waals surface area contributed by atoms with E-state index in [0.717, 1.165) is 75.7 Å². The fourth-order valence-corrected chi connectivity index (χ4v) is 7.43. The summed E-state index contributed by atoms with van der Waals surface area (Å²) >= 11 is 0. The Balaban J connectivity index is 1.60. The Hall–Kier alpha value is -6.83. The number of hydrogen-bond donors (Lipinski definition) is 0. The van der Waals surface area contributed by atoms with Crippen molar-refractivity contribution in [3.63, 3.8) is 0 Å². The number of esters is 6. The number of halogens is 1. The van der Waals surface area contributed by atoms with E-state index < -0.39 is 61.1 Å². The predicted octanol–water partition coefficient (Wildman–Crippen LogP) is 9.66. The van der Waals surface area contributed by atoms with Crippen LogP contribution >= 0.6 is 0 Å². The highest BCUT2D eigenvalue weighted by molar-refractivity contribution is 5.92. The van der Waals surface area contributed by atoms with Gasteiger partial charge in [-0.2, -0.15) is 0 Å². The summed E-state index contributed by atoms with van der Waals surface area (Å²) in [6.07, 6.45) is 12.8. The second-order valence-corrected chi connectivity index (χ2v) is 16.8. The highest BCUT2D eigenvalue weighted by atomic mass is 19.1. The van der Waals surface area contributed by atoms with Crippen molar-refractivity contribution in [1.82, 2.24) is 0 Å². The van der Waals surface area contributed by atoms with Crippen molar-refractivity contribution in [1.29, 1.82) is 0 Å². The molecule has 67 heavy (non-hydrogen) atoms. The van der Waals surface area contributed by atoms with Crippen LogP contribution in [-0.4, -0.2) is 76.5 Å². The van der Waals surface area contributed by atoms with Crippen LogP contribution in [0.4, 0.5) is 4.39 Å². The first-order valence-electron chi connectivity index (χ1n) is 22.2. The van der Waals surface area contributed by atoms with Crippen LogP contribution in [0.15, 0.2) is 109 Å². The molecule has 1 aliphatic rings. The average Bonchev–Trinajstić information content (AvgIpc) is 3.33. The zero-order chi connectivity index (χ0) is 48.9. The van der Waals surface area contributed by atoms with Crippen LogP contribution in [0.2, 0.25) is 0 Å². The van der Waals surface area contributed by atoms with Gasteiger partial charge in [-0.25, -0.2) is 33.2 Å². The second kappa shape index (κ2) is 26.3. The zero-order valence-corrected chi connectivity index (χ0v) is 39.0. The van der Waals surface area contributed by atoms with Crippen molar-refractivity contribution in [3.05, 3.63) is 126 Å². The Bertz CT molecular complexity index is 2260. The molecule has 0 aliphatic heterocycles. The molecule has 0 unspecified atom stereocenters. The molecule has 1 saturated carbocycles. The SMILES string of the molecule is C=C(C)C(=O)OCc1cc(-c2ccc(C3CCC(CCCCC)CC3)cc2F)ccc1-c1ccc(OCC(COC(=O)/C=C/C(=O)OC)(COC(=O)/C=C/C(=O)OC)COC(=O)C(=C)C)cc1. The van der Waals surface area contributed by atoms with E-state index in [1.54, 1.807) is 43.3 Å². The highest BCUT2D eigenvalue weighted by Crippen LogP contribution is 2.40. The third-order valence-electron chi connectivity index (χ3n) is 11.4. The molecule has 0 saturated heterocycles. The van der Waals surface area contributed by atoms with Crippen molar-refractivity contribution < 1.29 is 66.3 Å². The maximum atomic E-state index is 16.0. The maximum absolute atomic E-state index is 16.0. The fourth-order valence-electron chi connectivity index (χ4n) is 7.43. The normalized spacial score (nSPS) is 14.8. The number of rotatable bonds is 24. The molecule has 0 spiro atoms. The quantitative estimate of drug-likeness (QED) is 0.0361. The molecule has 0 amide bonds. The molecule has 3 aromatic rings. The first kappa shape index (κ1) is 52.8. The van der Waals surface area contributed by atoms with Gasteiger partial charge in [0.1, 0.15) is 50.0 Å². The van der Waals surface area contributed by atoms with Crippen LogP contribution < -0.4 is 4.74 Å². The summed E-state index contributed by atoms with van der Waals surface area (Å²) in [4.78, 5) is 73.5. The minimum atomic E-state index is -1.55. The highest BCUT2D eigenvalue weighted by Gasteiger charge is 2.37. The molecule has 4 rings (SSSR count). The number of carbonyl (C=O) groups is 6. The van der Waals surface area contributed by atoms with Gasteiger partial charge < -0.3 is 33.2 Å². The van der Waals surface area contributed by atoms with E-state index in [9.17, 15) is 28.8 Å². The van der Waals surface area contributed by atoms with Crippen molar-refractivity contribution in [3.8, 4) is 28.0 Å². The Morgan fingerprint density at radius 2 is 1.18 bits per heavy atom. The maximum Gasteiger partial charge on any atom is 0.333 e. The van der Waals surface area contributed by atoms with Gasteiger partial charge in [0.15, 0.2) is 0 Å². The van der Waals surface area contributed by atoms with Crippen LogP contribution in [0.5, 0.6) is 5.75 Å². The Morgan fingerprint density at radius 1 is 0.642 bits per heavy atom. The lowest BCUT2D eigenvalue weighted by Gasteiger charge is -2.31. The summed E-state index contributed by atoms with van der Waals surface area (Å²) in [7, 11) is 2.26. The Kier molecular flexibility index (Phi) is 20.8. The molecule has 0 heterocycles. The summed E-state index contributed by atoms with van der Waals surface area (Å²) in [5.41, 5.74) is 2.77. The summed E-state index contributed by atoms with van der Waals surface area (Å²) in [6, 6.07) is 17.7. The summed E-state index contributed by atoms with van der Waals surface area (Å²) in [6.45, 7) is 10.4. The van der Waals surface area contributed by atoms with Crippen LogP contribution in [0.1, 0.15) is 89.2 Å². The molecule has 0 N–H and O–H groups in total. The van der Waals surface area contributed by atoms with Crippen LogP contribution in [0.25, 0.3) is 22.3 Å². The number of unbranched alkanes of at least 4 members (excludes halogenated alkanes) is 2. The molecule has 0 aromatic heterocycles. The molecule has 3 aromatic carbocycles. The molecule has 1 fully saturated rings. The number of benzene rings is 3. The van der Waals surface area contributed by atoms with Crippen molar-refractivity contribution in [2.24, 2.45) is 11.3 Å². The number of ether oxygens (including phenoxy) is 7. The van der Waals surface area contributed by atoms with E-state index >= 15 is 4.39 Å². The van der Waals surface area contributed by atoms with E-state index in [2.05, 4.69) is 29.6 Å². The second-order valence-electron chi connectivity index (χ2n) is 16.8. The van der Waals surface area contributed by atoms with Crippen LogP contribution in [0, 0.1) is 17.2 Å². The van der Waals surface area contributed by atoms with E-state index in [1.165, 1.54) is 32.6 Å². The third-order valence-corrected chi connectivity index (χ3v) is 11.4. The lowest BCUT2D eigenvalue weighted by molar-refractivity contribution is -0.159. The van der Waals surface area contributed by atoms with Gasteiger partial charge in [0.25, 0.3) is 0 Å². The smallest absolute Gasteiger partial charge is 0.333 e. The summed E-state index contributed by atoms with van der Waals surface area (Å²) in [5.74, 6) is -3.89. The number of carbonyl (C=O) groups excluding carboxylic acids is 6. The zero-order valence-electron chi connectivity index (χ0n) is 39.0. The molecule has 14 heteroatoms. The van der Waals surface area contributed by atoms with Gasteiger partial charge in [0.2, 0.25) is 0 Å². The van der Waals surface area contributed by atoms with E-state index in [4.69, 9.17) is 23.7 Å². The van der Waals surface area contributed by atoms with Crippen molar-refractivity contribution >= 4 is 35.8 Å². The molecule has 0 radical (unpaired) electrons. The van der Waals surface area contributed by atoms with E-state index in [-0.39, 0.29) is 30.2 Å². The van der Waals surface area contributed by atoms with E-state index in [1.807, 2.05) is 24.3 Å². The first-order valence-corrected chi connectivity index (χ1v) is 22.2. The van der Waals surface area contributed by atoms with Gasteiger partial charge in [-0.05, 0) is 103 Å². The van der Waals surface area contributed by atoms with Gasteiger partial charge in [0.05, 0.1) is 14.2 Å². The Morgan fingerprint density at radius 3 is 1.73 bits per heavy atom. The van der Waals surface area contributed by atoms with Gasteiger partial charge in [-0.15, -0.1) is 0 Å². The number of methoxy groups -OCH3 is 2. The molecule has 358 valence electrons. The average molecular weight is 925 g/mol. The van der Waals surface area contributed by atoms with Gasteiger partial charge in [-0.1, -0.05) is 82.2 Å². The van der Waals surface area contributed by atoms with Crippen LogP contribution in [-0.2, 0) is 63.8 Å². The lowest BCUT2D eigenvalue weighted by atomic mass is 9.77. The van der Waals surface area contributed by atoms with Gasteiger partial charge in [0, 0.05) is 41.0 Å². The predicted molar refractivity (Wildman–Crippen MR) is 249 cm³/mol.